The van der Waals surface area contributed by atoms with E-state index in [-0.39, 0.29) is 5.91 Å². The smallest absolute Gasteiger partial charge is 0.254 e. The predicted octanol–water partition coefficient (Wildman–Crippen LogP) is 4.62. The fourth-order valence-corrected chi connectivity index (χ4v) is 4.84. The number of benzene rings is 1. The lowest BCUT2D eigenvalue weighted by Crippen LogP contribution is -2.46. The van der Waals surface area contributed by atoms with Gasteiger partial charge in [0.05, 0.1) is 0 Å². The second-order valence-electron chi connectivity index (χ2n) is 5.56. The van der Waals surface area contributed by atoms with Crippen LogP contribution in [0.5, 0.6) is 0 Å². The Morgan fingerprint density at radius 2 is 1.74 bits per heavy atom. The average molecular weight is 387 g/mol. The third-order valence-electron chi connectivity index (χ3n) is 4.36. The van der Waals surface area contributed by atoms with E-state index in [0.29, 0.717) is 6.04 Å². The number of nitrogens with zero attached hydrogens (tertiary/aromatic N) is 1. The van der Waals surface area contributed by atoms with Crippen LogP contribution < -0.4 is 0 Å². The van der Waals surface area contributed by atoms with Gasteiger partial charge in [-0.3, -0.25) is 4.79 Å². The molecule has 2 nitrogen and oxygen atoms in total. The number of carbonyl (C=O) groups excluding carboxylic acids is 1. The molecule has 3 rings (SSSR count). The summed E-state index contributed by atoms with van der Waals surface area (Å²) >= 11 is 6.92. The Morgan fingerprint density at radius 1 is 1.05 bits per heavy atom. The van der Waals surface area contributed by atoms with E-state index in [9.17, 15) is 4.79 Å². The summed E-state index contributed by atoms with van der Waals surface area (Å²) in [5.74, 6) is 0.937. The highest BCUT2D eigenvalue weighted by Gasteiger charge is 2.37. The van der Waals surface area contributed by atoms with E-state index < -0.39 is 0 Å². The number of carbonyl (C=O) groups is 1. The van der Waals surface area contributed by atoms with E-state index in [1.165, 1.54) is 25.7 Å². The van der Waals surface area contributed by atoms with Gasteiger partial charge in [0.25, 0.3) is 5.91 Å². The number of piperidine rings is 1. The molecule has 0 aromatic heterocycles. The van der Waals surface area contributed by atoms with Crippen LogP contribution in [0.1, 0.15) is 42.5 Å². The fourth-order valence-electron chi connectivity index (χ4n) is 3.55. The normalized spacial score (nSPS) is 26.3. The molecule has 19 heavy (non-hydrogen) atoms. The minimum atomic E-state index is 0.193. The van der Waals surface area contributed by atoms with Gasteiger partial charge in [-0.05, 0) is 49.8 Å². The molecule has 1 saturated heterocycles. The lowest BCUT2D eigenvalue weighted by molar-refractivity contribution is 0.0548. The van der Waals surface area contributed by atoms with Gasteiger partial charge >= 0.3 is 0 Å². The van der Waals surface area contributed by atoms with Crippen LogP contribution in [0.4, 0.5) is 0 Å². The molecule has 1 aromatic rings. The van der Waals surface area contributed by atoms with Gasteiger partial charge < -0.3 is 4.90 Å². The SMILES string of the molecule is O=C(c1cc(Br)cc(Br)c1)N1CCCC2CCCC21. The number of amides is 1. The van der Waals surface area contributed by atoms with E-state index in [2.05, 4.69) is 36.8 Å². The molecule has 2 aliphatic rings. The van der Waals surface area contributed by atoms with Crippen molar-refractivity contribution in [2.75, 3.05) is 6.54 Å². The summed E-state index contributed by atoms with van der Waals surface area (Å²) < 4.78 is 1.90. The van der Waals surface area contributed by atoms with Crippen molar-refractivity contribution in [2.24, 2.45) is 5.92 Å². The molecule has 1 heterocycles. The maximum atomic E-state index is 12.7. The third-order valence-corrected chi connectivity index (χ3v) is 5.28. The Kier molecular flexibility index (Phi) is 3.99. The van der Waals surface area contributed by atoms with Crippen LogP contribution in [-0.4, -0.2) is 23.4 Å². The Balaban J connectivity index is 1.86. The number of likely N-dealkylation sites (tertiary alicyclic amines) is 1. The van der Waals surface area contributed by atoms with Gasteiger partial charge in [-0.2, -0.15) is 0 Å². The van der Waals surface area contributed by atoms with Crippen molar-refractivity contribution in [1.82, 2.24) is 4.90 Å². The Labute approximate surface area is 130 Å². The summed E-state index contributed by atoms with van der Waals surface area (Å²) in [6, 6.07) is 6.29. The monoisotopic (exact) mass is 385 g/mol. The highest BCUT2D eigenvalue weighted by Crippen LogP contribution is 2.37. The number of fused-ring (bicyclic) bond motifs is 1. The number of halogens is 2. The van der Waals surface area contributed by atoms with E-state index in [1.807, 2.05) is 18.2 Å². The van der Waals surface area contributed by atoms with Gasteiger partial charge in [0.15, 0.2) is 0 Å². The van der Waals surface area contributed by atoms with Gasteiger partial charge in [0.1, 0.15) is 0 Å². The first-order valence-corrected chi connectivity index (χ1v) is 8.51. The fraction of sp³-hybridized carbons (Fsp3) is 0.533. The highest BCUT2D eigenvalue weighted by atomic mass is 79.9. The zero-order valence-corrected chi connectivity index (χ0v) is 13.9. The molecule has 2 fully saturated rings. The molecule has 2 atom stereocenters. The lowest BCUT2D eigenvalue weighted by Gasteiger charge is -2.38. The van der Waals surface area contributed by atoms with E-state index in [0.717, 1.165) is 33.4 Å². The molecule has 1 aliphatic heterocycles. The van der Waals surface area contributed by atoms with Crippen LogP contribution in [0.25, 0.3) is 0 Å². The zero-order chi connectivity index (χ0) is 13.4. The lowest BCUT2D eigenvalue weighted by atomic mass is 9.91. The predicted molar refractivity (Wildman–Crippen MR) is 83.2 cm³/mol. The molecular formula is C15H17Br2NO. The first-order valence-electron chi connectivity index (χ1n) is 6.92. The topological polar surface area (TPSA) is 20.3 Å². The van der Waals surface area contributed by atoms with Gasteiger partial charge in [-0.15, -0.1) is 0 Å². The summed E-state index contributed by atoms with van der Waals surface area (Å²) in [7, 11) is 0. The molecule has 0 N–H and O–H groups in total. The highest BCUT2D eigenvalue weighted by molar-refractivity contribution is 9.11. The van der Waals surface area contributed by atoms with Crippen molar-refractivity contribution in [3.63, 3.8) is 0 Å². The molecule has 1 aliphatic carbocycles. The van der Waals surface area contributed by atoms with Gasteiger partial charge in [0.2, 0.25) is 0 Å². The molecule has 1 aromatic carbocycles. The van der Waals surface area contributed by atoms with Crippen LogP contribution in [0, 0.1) is 5.92 Å². The van der Waals surface area contributed by atoms with Crippen LogP contribution in [0.15, 0.2) is 27.1 Å². The maximum absolute atomic E-state index is 12.7. The second kappa shape index (κ2) is 5.57. The molecule has 0 bridgehead atoms. The zero-order valence-electron chi connectivity index (χ0n) is 10.7. The van der Waals surface area contributed by atoms with E-state index in [1.54, 1.807) is 0 Å². The molecule has 2 unspecified atom stereocenters. The molecule has 0 spiro atoms. The molecule has 102 valence electrons. The van der Waals surface area contributed by atoms with Crippen molar-refractivity contribution in [3.8, 4) is 0 Å². The number of hydrogen-bond donors (Lipinski definition) is 0. The van der Waals surface area contributed by atoms with Gasteiger partial charge in [0, 0.05) is 27.1 Å². The van der Waals surface area contributed by atoms with Crippen molar-refractivity contribution >= 4 is 37.8 Å². The van der Waals surface area contributed by atoms with Gasteiger partial charge in [-0.1, -0.05) is 38.3 Å². The van der Waals surface area contributed by atoms with Crippen LogP contribution in [0.2, 0.25) is 0 Å². The minimum Gasteiger partial charge on any atom is -0.335 e. The minimum absolute atomic E-state index is 0.193. The first kappa shape index (κ1) is 13.6. The van der Waals surface area contributed by atoms with Crippen molar-refractivity contribution < 1.29 is 4.79 Å². The van der Waals surface area contributed by atoms with E-state index in [4.69, 9.17) is 0 Å². The summed E-state index contributed by atoms with van der Waals surface area (Å²) in [6.07, 6.45) is 6.22. The largest absolute Gasteiger partial charge is 0.335 e. The summed E-state index contributed by atoms with van der Waals surface area (Å²) in [5.41, 5.74) is 0.786. The van der Waals surface area contributed by atoms with Crippen LogP contribution in [0.3, 0.4) is 0 Å². The molecule has 1 amide bonds. The maximum Gasteiger partial charge on any atom is 0.254 e. The van der Waals surface area contributed by atoms with Gasteiger partial charge in [-0.25, -0.2) is 0 Å². The third kappa shape index (κ3) is 2.75. The van der Waals surface area contributed by atoms with Crippen LogP contribution >= 0.6 is 31.9 Å². The summed E-state index contributed by atoms with van der Waals surface area (Å²) in [4.78, 5) is 14.9. The number of hydrogen-bond acceptors (Lipinski definition) is 1. The summed E-state index contributed by atoms with van der Waals surface area (Å²) in [6.45, 7) is 0.921. The quantitative estimate of drug-likeness (QED) is 0.689. The first-order chi connectivity index (χ1) is 9.15. The Hall–Kier alpha value is -0.350. The second-order valence-corrected chi connectivity index (χ2v) is 7.39. The Bertz CT molecular complexity index is 483. The van der Waals surface area contributed by atoms with Crippen LogP contribution in [-0.2, 0) is 0 Å². The van der Waals surface area contributed by atoms with Crippen molar-refractivity contribution in [3.05, 3.63) is 32.7 Å². The molecular weight excluding hydrogens is 370 g/mol. The molecule has 4 heteroatoms. The average Bonchev–Trinajstić information content (AvgIpc) is 2.84. The van der Waals surface area contributed by atoms with Crippen molar-refractivity contribution in [2.45, 2.75) is 38.1 Å². The Morgan fingerprint density at radius 3 is 2.47 bits per heavy atom. The molecule has 1 saturated carbocycles. The summed E-state index contributed by atoms with van der Waals surface area (Å²) in [5, 5.41) is 0. The molecule has 0 radical (unpaired) electrons. The van der Waals surface area contributed by atoms with E-state index >= 15 is 0 Å². The standard InChI is InChI=1S/C15H17Br2NO/c16-12-7-11(8-13(17)9-12)15(19)18-6-2-4-10-3-1-5-14(10)18/h7-10,14H,1-6H2. The number of rotatable bonds is 1. The van der Waals surface area contributed by atoms with Crippen molar-refractivity contribution in [1.29, 1.82) is 0 Å².